The number of carbonyl (C=O) groups excluding carboxylic acids is 1. The lowest BCUT2D eigenvalue weighted by Crippen LogP contribution is -2.47. The third-order valence-electron chi connectivity index (χ3n) is 3.13. The first-order chi connectivity index (χ1) is 7.36. The highest BCUT2D eigenvalue weighted by Gasteiger charge is 2.33. The molecule has 1 N–H and O–H groups in total. The quantitative estimate of drug-likeness (QED) is 0.831. The summed E-state index contributed by atoms with van der Waals surface area (Å²) in [5.74, 6) is -0.0416. The predicted octanol–water partition coefficient (Wildman–Crippen LogP) is 2.65. The average molecular weight is 245 g/mol. The number of hydrogen-bond donors (Lipinski definition) is 1. The summed E-state index contributed by atoms with van der Waals surface area (Å²) in [5, 5.41) is 9.94. The maximum absolute atomic E-state index is 11.9. The van der Waals surface area contributed by atoms with Crippen LogP contribution in [0.5, 0.6) is 0 Å². The molecule has 0 saturated carbocycles. The molecule has 0 fully saturated rings. The number of rotatable bonds is 3. The molecule has 0 aromatic carbocycles. The zero-order chi connectivity index (χ0) is 14.0. The van der Waals surface area contributed by atoms with E-state index in [4.69, 9.17) is 4.74 Å². The van der Waals surface area contributed by atoms with Crippen molar-refractivity contribution < 1.29 is 14.6 Å². The molecule has 0 saturated heterocycles. The van der Waals surface area contributed by atoms with E-state index in [1.807, 2.05) is 34.6 Å². The molecule has 17 heavy (non-hydrogen) atoms. The largest absolute Gasteiger partial charge is 0.444 e. The smallest absolute Gasteiger partial charge is 0.410 e. The van der Waals surface area contributed by atoms with Gasteiger partial charge in [0.15, 0.2) is 0 Å². The van der Waals surface area contributed by atoms with Crippen LogP contribution in [0.4, 0.5) is 4.79 Å². The lowest BCUT2D eigenvalue weighted by Gasteiger charge is -2.37. The maximum Gasteiger partial charge on any atom is 0.410 e. The maximum atomic E-state index is 11.9. The molecule has 0 bridgehead atoms. The van der Waals surface area contributed by atoms with Gasteiger partial charge in [0.25, 0.3) is 0 Å². The van der Waals surface area contributed by atoms with Crippen LogP contribution in [-0.4, -0.2) is 40.4 Å². The minimum atomic E-state index is -0.824. The molecule has 4 heteroatoms. The summed E-state index contributed by atoms with van der Waals surface area (Å²) in [5.41, 5.74) is -1.32. The predicted molar refractivity (Wildman–Crippen MR) is 68.9 cm³/mol. The van der Waals surface area contributed by atoms with Crippen molar-refractivity contribution in [2.75, 3.05) is 7.05 Å². The standard InChI is InChI=1S/C13H27NO3/c1-9(13(6,7)16)10(2)14(8)11(15)17-12(3,4)5/h9-10,16H,1-8H3. The van der Waals surface area contributed by atoms with E-state index in [1.165, 1.54) is 4.90 Å². The molecular formula is C13H27NO3. The van der Waals surface area contributed by atoms with E-state index in [0.717, 1.165) is 0 Å². The van der Waals surface area contributed by atoms with Crippen LogP contribution < -0.4 is 0 Å². The van der Waals surface area contributed by atoms with Gasteiger partial charge < -0.3 is 14.7 Å². The van der Waals surface area contributed by atoms with E-state index < -0.39 is 11.2 Å². The Bertz CT molecular complexity index is 263. The second-order valence-electron chi connectivity index (χ2n) is 6.27. The average Bonchev–Trinajstić information content (AvgIpc) is 2.10. The van der Waals surface area contributed by atoms with Gasteiger partial charge in [0.05, 0.1) is 5.60 Å². The van der Waals surface area contributed by atoms with Gasteiger partial charge in [0.2, 0.25) is 0 Å². The molecule has 0 radical (unpaired) electrons. The Balaban J connectivity index is 4.61. The van der Waals surface area contributed by atoms with Crippen LogP contribution in [-0.2, 0) is 4.74 Å². The van der Waals surface area contributed by atoms with Crippen LogP contribution in [0.25, 0.3) is 0 Å². The Morgan fingerprint density at radius 3 is 1.88 bits per heavy atom. The van der Waals surface area contributed by atoms with Crippen LogP contribution in [0.3, 0.4) is 0 Å². The molecule has 0 aliphatic carbocycles. The molecule has 4 nitrogen and oxygen atoms in total. The molecule has 0 aromatic rings. The Kier molecular flexibility index (Phi) is 5.02. The van der Waals surface area contributed by atoms with Crippen LogP contribution in [0, 0.1) is 5.92 Å². The van der Waals surface area contributed by atoms with E-state index in [1.54, 1.807) is 20.9 Å². The van der Waals surface area contributed by atoms with E-state index in [-0.39, 0.29) is 18.1 Å². The van der Waals surface area contributed by atoms with Crippen molar-refractivity contribution in [3.63, 3.8) is 0 Å². The van der Waals surface area contributed by atoms with Crippen LogP contribution in [0.15, 0.2) is 0 Å². The molecule has 0 heterocycles. The first kappa shape index (κ1) is 16.2. The highest BCUT2D eigenvalue weighted by molar-refractivity contribution is 5.68. The number of aliphatic hydroxyl groups is 1. The van der Waals surface area contributed by atoms with E-state index in [0.29, 0.717) is 0 Å². The first-order valence-electron chi connectivity index (χ1n) is 6.04. The Hall–Kier alpha value is -0.770. The number of carbonyl (C=O) groups is 1. The van der Waals surface area contributed by atoms with Gasteiger partial charge in [0, 0.05) is 19.0 Å². The van der Waals surface area contributed by atoms with Crippen LogP contribution in [0.2, 0.25) is 0 Å². The molecule has 0 aromatic heterocycles. The lowest BCUT2D eigenvalue weighted by molar-refractivity contribution is -0.0223. The molecule has 102 valence electrons. The molecule has 0 aliphatic heterocycles. The fraction of sp³-hybridized carbons (Fsp3) is 0.923. The third kappa shape index (κ3) is 5.39. The first-order valence-corrected chi connectivity index (χ1v) is 6.04. The fourth-order valence-corrected chi connectivity index (χ4v) is 1.43. The third-order valence-corrected chi connectivity index (χ3v) is 3.13. The summed E-state index contributed by atoms with van der Waals surface area (Å²) < 4.78 is 5.29. The van der Waals surface area contributed by atoms with Gasteiger partial charge in [-0.1, -0.05) is 6.92 Å². The van der Waals surface area contributed by atoms with Gasteiger partial charge in [-0.3, -0.25) is 0 Å². The van der Waals surface area contributed by atoms with E-state index >= 15 is 0 Å². The van der Waals surface area contributed by atoms with E-state index in [2.05, 4.69) is 0 Å². The second kappa shape index (κ2) is 5.25. The number of ether oxygens (including phenoxy) is 1. The SMILES string of the molecule is CC(C(C)C(C)(C)O)N(C)C(=O)OC(C)(C)C. The van der Waals surface area contributed by atoms with Gasteiger partial charge in [-0.05, 0) is 41.5 Å². The summed E-state index contributed by atoms with van der Waals surface area (Å²) in [6, 6.07) is -0.0927. The zero-order valence-electron chi connectivity index (χ0n) is 12.4. The normalized spacial score (nSPS) is 16.3. The molecule has 0 aliphatic rings. The molecular weight excluding hydrogens is 218 g/mol. The van der Waals surface area contributed by atoms with Crippen molar-refractivity contribution >= 4 is 6.09 Å². The summed E-state index contributed by atoms with van der Waals surface area (Å²) in [6.45, 7) is 12.8. The van der Waals surface area contributed by atoms with Crippen molar-refractivity contribution in [3.8, 4) is 0 Å². The van der Waals surface area contributed by atoms with Crippen molar-refractivity contribution in [2.45, 2.75) is 65.7 Å². The van der Waals surface area contributed by atoms with Crippen molar-refractivity contribution in [1.82, 2.24) is 4.90 Å². The Morgan fingerprint density at radius 1 is 1.18 bits per heavy atom. The van der Waals surface area contributed by atoms with Crippen molar-refractivity contribution in [3.05, 3.63) is 0 Å². The Morgan fingerprint density at radius 2 is 1.59 bits per heavy atom. The summed E-state index contributed by atoms with van der Waals surface area (Å²) in [6.07, 6.45) is -0.360. The molecule has 0 rings (SSSR count). The highest BCUT2D eigenvalue weighted by Crippen LogP contribution is 2.23. The molecule has 0 spiro atoms. The number of amides is 1. The lowest BCUT2D eigenvalue weighted by atomic mass is 9.86. The summed E-state index contributed by atoms with van der Waals surface area (Å²) in [7, 11) is 1.70. The van der Waals surface area contributed by atoms with Crippen molar-refractivity contribution in [2.24, 2.45) is 5.92 Å². The van der Waals surface area contributed by atoms with Gasteiger partial charge in [-0.25, -0.2) is 4.79 Å². The van der Waals surface area contributed by atoms with Gasteiger partial charge >= 0.3 is 6.09 Å². The Labute approximate surface area is 105 Å². The van der Waals surface area contributed by atoms with Crippen LogP contribution >= 0.6 is 0 Å². The molecule has 1 amide bonds. The van der Waals surface area contributed by atoms with Gasteiger partial charge in [-0.15, -0.1) is 0 Å². The number of hydrogen-bond acceptors (Lipinski definition) is 3. The monoisotopic (exact) mass is 245 g/mol. The minimum absolute atomic E-state index is 0.0416. The number of nitrogens with zero attached hydrogens (tertiary/aromatic N) is 1. The summed E-state index contributed by atoms with van der Waals surface area (Å²) in [4.78, 5) is 13.4. The van der Waals surface area contributed by atoms with E-state index in [9.17, 15) is 9.90 Å². The summed E-state index contributed by atoms with van der Waals surface area (Å²) >= 11 is 0. The zero-order valence-corrected chi connectivity index (χ0v) is 12.4. The molecule has 2 unspecified atom stereocenters. The van der Waals surface area contributed by atoms with Crippen LogP contribution in [0.1, 0.15) is 48.5 Å². The highest BCUT2D eigenvalue weighted by atomic mass is 16.6. The second-order valence-corrected chi connectivity index (χ2v) is 6.27. The van der Waals surface area contributed by atoms with Gasteiger partial charge in [-0.2, -0.15) is 0 Å². The van der Waals surface area contributed by atoms with Crippen molar-refractivity contribution in [1.29, 1.82) is 0 Å². The topological polar surface area (TPSA) is 49.8 Å². The van der Waals surface area contributed by atoms with Gasteiger partial charge in [0.1, 0.15) is 5.60 Å². The minimum Gasteiger partial charge on any atom is -0.444 e. The molecule has 2 atom stereocenters. The fourth-order valence-electron chi connectivity index (χ4n) is 1.43.